The van der Waals surface area contributed by atoms with E-state index in [2.05, 4.69) is 12.6 Å². The summed E-state index contributed by atoms with van der Waals surface area (Å²) in [6.07, 6.45) is -4.50. The second-order valence-electron chi connectivity index (χ2n) is 8.79. The summed E-state index contributed by atoms with van der Waals surface area (Å²) in [5.74, 6) is -6.49. The molecule has 0 saturated carbocycles. The fourth-order valence-electron chi connectivity index (χ4n) is 4.75. The van der Waals surface area contributed by atoms with Crippen molar-refractivity contribution in [2.24, 2.45) is 0 Å². The van der Waals surface area contributed by atoms with Gasteiger partial charge in [0.25, 0.3) is 11.8 Å². The molecule has 38 heavy (non-hydrogen) atoms. The highest BCUT2D eigenvalue weighted by molar-refractivity contribution is 7.80. The topological polar surface area (TPSA) is 146 Å². The number of ether oxygens (including phenoxy) is 4. The molecular weight excluding hydrogens is 518 g/mol. The molecule has 2 aromatic rings. The minimum atomic E-state index is -2.55. The molecule has 2 amide bonds. The molecule has 0 unspecified atom stereocenters. The van der Waals surface area contributed by atoms with Gasteiger partial charge in [-0.3, -0.25) is 28.9 Å². The molecule has 0 bridgehead atoms. The molecule has 0 spiro atoms. The van der Waals surface area contributed by atoms with Gasteiger partial charge in [0.15, 0.2) is 12.2 Å². The highest BCUT2D eigenvalue weighted by atomic mass is 32.1. The number of hydrogen-bond acceptors (Lipinski definition) is 11. The van der Waals surface area contributed by atoms with Gasteiger partial charge in [-0.05, 0) is 18.2 Å². The van der Waals surface area contributed by atoms with Crippen LogP contribution >= 0.6 is 12.6 Å². The third kappa shape index (κ3) is 4.89. The van der Waals surface area contributed by atoms with Crippen LogP contribution in [0.4, 0.5) is 0 Å². The molecule has 2 heterocycles. The van der Waals surface area contributed by atoms with Crippen molar-refractivity contribution in [1.82, 2.24) is 4.90 Å². The molecular formula is C26H25NO10S. The summed E-state index contributed by atoms with van der Waals surface area (Å²) >= 11 is 4.42. The van der Waals surface area contributed by atoms with Gasteiger partial charge in [-0.25, -0.2) is 0 Å². The summed E-state index contributed by atoms with van der Waals surface area (Å²) in [5.41, 5.74) is 0.148. The Morgan fingerprint density at radius 2 is 1.42 bits per heavy atom. The summed E-state index contributed by atoms with van der Waals surface area (Å²) in [6.45, 7) is 2.79. The average molecular weight is 544 g/mol. The number of nitrogens with zero attached hydrogens (tertiary/aromatic N) is 1. The number of esters is 3. The molecule has 11 nitrogen and oxygen atoms in total. The number of carbonyl (C=O) groups is 5. The molecule has 0 aliphatic carbocycles. The van der Waals surface area contributed by atoms with E-state index in [0.29, 0.717) is 0 Å². The molecule has 0 aromatic heterocycles. The first-order valence-corrected chi connectivity index (χ1v) is 12.0. The van der Waals surface area contributed by atoms with Crippen molar-refractivity contribution in [3.05, 3.63) is 65.2 Å². The molecule has 4 rings (SSSR count). The molecule has 5 atom stereocenters. The maximum atomic E-state index is 13.6. The highest BCUT2D eigenvalue weighted by Crippen LogP contribution is 2.45. The molecule has 0 radical (unpaired) electrons. The summed E-state index contributed by atoms with van der Waals surface area (Å²) in [4.78, 5) is 64.1. The maximum absolute atomic E-state index is 13.6. The molecule has 2 aliphatic rings. The number of benzene rings is 2. The van der Waals surface area contributed by atoms with Crippen molar-refractivity contribution in [3.8, 4) is 0 Å². The Balaban J connectivity index is 1.95. The number of amides is 2. The largest absolute Gasteiger partial charge is 0.463 e. The zero-order valence-electron chi connectivity index (χ0n) is 20.7. The van der Waals surface area contributed by atoms with Crippen LogP contribution in [-0.2, 0) is 39.1 Å². The van der Waals surface area contributed by atoms with E-state index in [1.165, 1.54) is 18.2 Å². The van der Waals surface area contributed by atoms with E-state index in [9.17, 15) is 29.1 Å². The number of thiol groups is 1. The van der Waals surface area contributed by atoms with Gasteiger partial charge in [-0.15, -0.1) is 12.6 Å². The lowest BCUT2D eigenvalue weighted by Crippen LogP contribution is -2.71. The van der Waals surface area contributed by atoms with Crippen LogP contribution in [0.3, 0.4) is 0 Å². The van der Waals surface area contributed by atoms with Crippen LogP contribution in [0.5, 0.6) is 0 Å². The van der Waals surface area contributed by atoms with Gasteiger partial charge in [0.2, 0.25) is 5.79 Å². The first-order valence-electron chi connectivity index (χ1n) is 11.6. The third-order valence-corrected chi connectivity index (χ3v) is 6.57. The summed E-state index contributed by atoms with van der Waals surface area (Å²) in [5, 5.41) is 12.2. The van der Waals surface area contributed by atoms with Gasteiger partial charge in [0.1, 0.15) is 18.8 Å². The number of aliphatic hydroxyl groups is 1. The third-order valence-electron chi connectivity index (χ3n) is 6.18. The van der Waals surface area contributed by atoms with Crippen molar-refractivity contribution < 1.29 is 48.0 Å². The number of fused-ring (bicyclic) bond motifs is 1. The van der Waals surface area contributed by atoms with E-state index in [1.54, 1.807) is 30.3 Å². The molecule has 200 valence electrons. The van der Waals surface area contributed by atoms with Gasteiger partial charge in [-0.2, -0.15) is 0 Å². The van der Waals surface area contributed by atoms with Gasteiger partial charge in [-0.1, -0.05) is 30.3 Å². The van der Waals surface area contributed by atoms with Crippen LogP contribution in [0.15, 0.2) is 53.4 Å². The van der Waals surface area contributed by atoms with E-state index < -0.39 is 66.5 Å². The summed E-state index contributed by atoms with van der Waals surface area (Å²) in [7, 11) is 0. The Labute approximate surface area is 223 Å². The van der Waals surface area contributed by atoms with Crippen LogP contribution in [0.1, 0.15) is 47.1 Å². The minimum Gasteiger partial charge on any atom is -0.463 e. The summed E-state index contributed by atoms with van der Waals surface area (Å²) < 4.78 is 22.1. The maximum Gasteiger partial charge on any atom is 0.303 e. The monoisotopic (exact) mass is 543 g/mol. The SMILES string of the molecule is CC(=O)OC[C@H]1O[C@](O)(c2ccccc2S)[C@H](N2C(=O)c3ccccc3C2=O)[C@@H](OC(C)=O)[C@@H]1OC(C)=O. The van der Waals surface area contributed by atoms with Crippen molar-refractivity contribution in [2.45, 2.75) is 55.8 Å². The smallest absolute Gasteiger partial charge is 0.303 e. The lowest BCUT2D eigenvalue weighted by molar-refractivity contribution is -0.339. The first kappa shape index (κ1) is 27.3. The lowest BCUT2D eigenvalue weighted by atomic mass is 9.84. The van der Waals surface area contributed by atoms with Gasteiger partial charge in [0, 0.05) is 31.2 Å². The highest BCUT2D eigenvalue weighted by Gasteiger charge is 2.64. The predicted octanol–water partition coefficient (Wildman–Crippen LogP) is 1.61. The molecule has 1 N–H and O–H groups in total. The van der Waals surface area contributed by atoms with Crippen molar-refractivity contribution >= 4 is 42.4 Å². The van der Waals surface area contributed by atoms with Gasteiger partial charge < -0.3 is 24.1 Å². The zero-order chi connectivity index (χ0) is 27.8. The number of rotatable bonds is 6. The number of hydrogen-bond donors (Lipinski definition) is 2. The van der Waals surface area contributed by atoms with E-state index in [0.717, 1.165) is 25.7 Å². The van der Waals surface area contributed by atoms with Crippen LogP contribution in [0, 0.1) is 0 Å². The first-order chi connectivity index (χ1) is 18.0. The van der Waals surface area contributed by atoms with Crippen molar-refractivity contribution in [3.63, 3.8) is 0 Å². The van der Waals surface area contributed by atoms with E-state index in [1.807, 2.05) is 0 Å². The van der Waals surface area contributed by atoms with Crippen molar-refractivity contribution in [1.29, 1.82) is 0 Å². The van der Waals surface area contributed by atoms with E-state index in [-0.39, 0.29) is 21.6 Å². The molecule has 1 fully saturated rings. The Bertz CT molecular complexity index is 1280. The Hall–Kier alpha value is -3.74. The summed E-state index contributed by atoms with van der Waals surface area (Å²) in [6, 6.07) is 10.5. The lowest BCUT2D eigenvalue weighted by Gasteiger charge is -2.51. The van der Waals surface area contributed by atoms with Gasteiger partial charge in [0.05, 0.1) is 11.1 Å². The Morgan fingerprint density at radius 1 is 0.895 bits per heavy atom. The number of carbonyl (C=O) groups excluding carboxylic acids is 5. The fourth-order valence-corrected chi connectivity index (χ4v) is 5.07. The fraction of sp³-hybridized carbons (Fsp3) is 0.346. The second kappa shape index (κ2) is 10.6. The van der Waals surface area contributed by atoms with E-state index in [4.69, 9.17) is 18.9 Å². The Morgan fingerprint density at radius 3 is 1.95 bits per heavy atom. The quantitative estimate of drug-likeness (QED) is 0.238. The predicted molar refractivity (Wildman–Crippen MR) is 131 cm³/mol. The van der Waals surface area contributed by atoms with Gasteiger partial charge >= 0.3 is 17.9 Å². The van der Waals surface area contributed by atoms with Crippen LogP contribution < -0.4 is 0 Å². The van der Waals surface area contributed by atoms with Crippen LogP contribution in [0.25, 0.3) is 0 Å². The van der Waals surface area contributed by atoms with Crippen LogP contribution in [-0.4, -0.2) is 70.7 Å². The zero-order valence-corrected chi connectivity index (χ0v) is 21.5. The van der Waals surface area contributed by atoms with E-state index >= 15 is 0 Å². The standard InChI is InChI=1S/C26H25NO10S/c1-13(28)34-12-19-21(35-14(2)29)22(36-15(3)30)23(26(33,37-19)18-10-6-7-11-20(18)38)27-24(31)16-8-4-5-9-17(16)25(27)32/h4-11,19,21-23,33,38H,12H2,1-3H3/t19-,21-,22+,23-,26-/m1/s1. The minimum absolute atomic E-state index is 0.0242. The molecule has 12 heteroatoms. The Kier molecular flexibility index (Phi) is 7.58. The molecule has 2 aliphatic heterocycles. The molecule has 2 aromatic carbocycles. The molecule has 1 saturated heterocycles. The van der Waals surface area contributed by atoms with Crippen molar-refractivity contribution in [2.75, 3.05) is 6.61 Å². The second-order valence-corrected chi connectivity index (χ2v) is 9.27. The number of imide groups is 1. The average Bonchev–Trinajstić information content (AvgIpc) is 3.09. The normalized spacial score (nSPS) is 26.5. The van der Waals surface area contributed by atoms with Crippen LogP contribution in [0.2, 0.25) is 0 Å².